The first-order chi connectivity index (χ1) is 9.47. The van der Waals surface area contributed by atoms with E-state index < -0.39 is 18.0 Å². The van der Waals surface area contributed by atoms with Gasteiger partial charge in [0.25, 0.3) is 5.82 Å². The second kappa shape index (κ2) is 4.53. The molecule has 0 saturated carbocycles. The van der Waals surface area contributed by atoms with Gasteiger partial charge in [-0.2, -0.15) is 22.8 Å². The van der Waals surface area contributed by atoms with E-state index in [0.29, 0.717) is 9.52 Å². The zero-order valence-electron chi connectivity index (χ0n) is 9.87. The van der Waals surface area contributed by atoms with Gasteiger partial charge in [0, 0.05) is 0 Å². The summed E-state index contributed by atoms with van der Waals surface area (Å²) in [5, 5.41) is 10.8. The summed E-state index contributed by atoms with van der Waals surface area (Å²) in [6.07, 6.45) is -4.60. The van der Waals surface area contributed by atoms with Crippen LogP contribution in [0.4, 0.5) is 13.2 Å². The van der Waals surface area contributed by atoms with Crippen LogP contribution in [-0.2, 0) is 6.18 Å². The molecule has 2 N–H and O–H groups in total. The van der Waals surface area contributed by atoms with Crippen molar-refractivity contribution in [3.63, 3.8) is 0 Å². The predicted octanol–water partition coefficient (Wildman–Crippen LogP) is 2.25. The Balaban J connectivity index is 2.04. The van der Waals surface area contributed by atoms with E-state index in [9.17, 15) is 13.2 Å². The van der Waals surface area contributed by atoms with Gasteiger partial charge in [-0.1, -0.05) is 41.7 Å². The number of aromatic nitrogens is 4. The molecule has 2 heterocycles. The lowest BCUT2D eigenvalue weighted by Crippen LogP contribution is -2.14. The van der Waals surface area contributed by atoms with Gasteiger partial charge in [-0.25, -0.2) is 0 Å². The predicted molar refractivity (Wildman–Crippen MR) is 66.1 cm³/mol. The van der Waals surface area contributed by atoms with Crippen molar-refractivity contribution >= 4 is 16.3 Å². The number of fused-ring (bicyclic) bond motifs is 1. The van der Waals surface area contributed by atoms with Crippen LogP contribution >= 0.6 is 11.3 Å². The van der Waals surface area contributed by atoms with Crippen LogP contribution in [0.2, 0.25) is 0 Å². The molecule has 9 heteroatoms. The van der Waals surface area contributed by atoms with Crippen LogP contribution in [-0.4, -0.2) is 19.8 Å². The zero-order chi connectivity index (χ0) is 14.3. The van der Waals surface area contributed by atoms with Gasteiger partial charge < -0.3 is 5.73 Å². The van der Waals surface area contributed by atoms with Gasteiger partial charge in [0.1, 0.15) is 5.01 Å². The molecule has 2 aromatic heterocycles. The average molecular weight is 299 g/mol. The van der Waals surface area contributed by atoms with Crippen LogP contribution in [0.25, 0.3) is 4.96 Å². The molecule has 1 unspecified atom stereocenters. The number of hydrogen-bond acceptors (Lipinski definition) is 5. The molecule has 0 aliphatic carbocycles. The molecule has 3 rings (SSSR count). The largest absolute Gasteiger partial charge is 0.453 e. The number of nitrogens with two attached hydrogens (primary N) is 1. The maximum absolute atomic E-state index is 12.7. The fourth-order valence-electron chi connectivity index (χ4n) is 1.74. The summed E-state index contributed by atoms with van der Waals surface area (Å²) in [6.45, 7) is 0. The molecule has 3 aromatic rings. The first-order valence-corrected chi connectivity index (χ1v) is 6.38. The maximum atomic E-state index is 12.7. The molecular formula is C11H8F3N5S. The average Bonchev–Trinajstić information content (AvgIpc) is 2.97. The lowest BCUT2D eigenvalue weighted by atomic mass is 10.1. The highest BCUT2D eigenvalue weighted by Gasteiger charge is 2.38. The number of alkyl halides is 3. The number of hydrogen-bond donors (Lipinski definition) is 1. The Hall–Kier alpha value is -2.00. The van der Waals surface area contributed by atoms with Crippen molar-refractivity contribution in [2.45, 2.75) is 12.2 Å². The van der Waals surface area contributed by atoms with E-state index in [0.717, 1.165) is 16.9 Å². The molecule has 1 aromatic carbocycles. The van der Waals surface area contributed by atoms with Crippen molar-refractivity contribution in [2.75, 3.05) is 0 Å². The quantitative estimate of drug-likeness (QED) is 0.788. The molecule has 0 saturated heterocycles. The number of benzene rings is 1. The third-order valence-corrected chi connectivity index (χ3v) is 3.67. The van der Waals surface area contributed by atoms with E-state index >= 15 is 0 Å². The topological polar surface area (TPSA) is 69.1 Å². The monoisotopic (exact) mass is 299 g/mol. The van der Waals surface area contributed by atoms with E-state index in [1.807, 2.05) is 6.07 Å². The Labute approximate surface area is 114 Å². The van der Waals surface area contributed by atoms with Crippen LogP contribution in [0.5, 0.6) is 0 Å². The highest BCUT2D eigenvalue weighted by atomic mass is 32.1. The highest BCUT2D eigenvalue weighted by Crippen LogP contribution is 2.30. The summed E-state index contributed by atoms with van der Waals surface area (Å²) in [5.74, 6) is -1.14. The molecule has 0 radical (unpaired) electrons. The van der Waals surface area contributed by atoms with Crippen LogP contribution < -0.4 is 5.73 Å². The first kappa shape index (κ1) is 13.0. The van der Waals surface area contributed by atoms with Crippen molar-refractivity contribution in [2.24, 2.45) is 5.73 Å². The van der Waals surface area contributed by atoms with Gasteiger partial charge in [-0.05, 0) is 5.56 Å². The third-order valence-electron chi connectivity index (χ3n) is 2.68. The number of rotatable bonds is 2. The number of halogens is 3. The summed E-state index contributed by atoms with van der Waals surface area (Å²) in [7, 11) is 0. The molecule has 0 spiro atoms. The molecule has 0 amide bonds. The van der Waals surface area contributed by atoms with Crippen molar-refractivity contribution in [1.29, 1.82) is 0 Å². The van der Waals surface area contributed by atoms with Gasteiger partial charge in [-0.15, -0.1) is 10.2 Å². The fraction of sp³-hybridized carbons (Fsp3) is 0.182. The SMILES string of the molecule is NC(c1ccccc1)c1nn2c(C(F)(F)F)nnc2s1. The van der Waals surface area contributed by atoms with Gasteiger partial charge in [-0.3, -0.25) is 0 Å². The van der Waals surface area contributed by atoms with E-state index in [1.54, 1.807) is 24.3 Å². The van der Waals surface area contributed by atoms with Gasteiger partial charge in [0.05, 0.1) is 6.04 Å². The second-order valence-electron chi connectivity index (χ2n) is 4.04. The molecule has 1 atom stereocenters. The van der Waals surface area contributed by atoms with Gasteiger partial charge >= 0.3 is 6.18 Å². The minimum Gasteiger partial charge on any atom is -0.318 e. The minimum atomic E-state index is -4.60. The van der Waals surface area contributed by atoms with E-state index in [4.69, 9.17) is 5.73 Å². The van der Waals surface area contributed by atoms with Crippen LogP contribution in [0, 0.1) is 0 Å². The number of nitrogens with zero attached hydrogens (tertiary/aromatic N) is 4. The van der Waals surface area contributed by atoms with Crippen molar-refractivity contribution in [1.82, 2.24) is 19.8 Å². The van der Waals surface area contributed by atoms with Gasteiger partial charge in [0.2, 0.25) is 4.96 Å². The smallest absolute Gasteiger partial charge is 0.318 e. The van der Waals surface area contributed by atoms with Crippen molar-refractivity contribution in [3.05, 3.63) is 46.7 Å². The van der Waals surface area contributed by atoms with Crippen LogP contribution in [0.3, 0.4) is 0 Å². The van der Waals surface area contributed by atoms with Crippen LogP contribution in [0.15, 0.2) is 30.3 Å². The standard InChI is InChI=1S/C11H8F3N5S/c12-11(13,14)9-16-17-10-19(9)18-8(20-10)7(15)6-4-2-1-3-5-6/h1-5,7H,15H2. The summed E-state index contributed by atoms with van der Waals surface area (Å²) in [4.78, 5) is 0.0682. The maximum Gasteiger partial charge on any atom is 0.453 e. The molecule has 104 valence electrons. The summed E-state index contributed by atoms with van der Waals surface area (Å²) in [5.41, 5.74) is 6.77. The lowest BCUT2D eigenvalue weighted by Gasteiger charge is -2.07. The summed E-state index contributed by atoms with van der Waals surface area (Å²) >= 11 is 0.990. The first-order valence-electron chi connectivity index (χ1n) is 5.56. The van der Waals surface area contributed by atoms with E-state index in [2.05, 4.69) is 15.3 Å². The summed E-state index contributed by atoms with van der Waals surface area (Å²) < 4.78 is 38.8. The Bertz CT molecular complexity index is 733. The normalized spacial score (nSPS) is 13.8. The minimum absolute atomic E-state index is 0.0682. The molecule has 0 fully saturated rings. The van der Waals surface area contributed by atoms with Crippen molar-refractivity contribution in [3.8, 4) is 0 Å². The molecule has 20 heavy (non-hydrogen) atoms. The second-order valence-corrected chi connectivity index (χ2v) is 5.03. The molecular weight excluding hydrogens is 291 g/mol. The Kier molecular flexibility index (Phi) is 2.94. The highest BCUT2D eigenvalue weighted by molar-refractivity contribution is 7.16. The Morgan fingerprint density at radius 3 is 2.50 bits per heavy atom. The molecule has 0 bridgehead atoms. The van der Waals surface area contributed by atoms with E-state index in [-0.39, 0.29) is 4.96 Å². The molecule has 0 aliphatic rings. The lowest BCUT2D eigenvalue weighted by molar-refractivity contribution is -0.146. The Morgan fingerprint density at radius 2 is 1.85 bits per heavy atom. The van der Waals surface area contributed by atoms with Crippen LogP contribution in [0.1, 0.15) is 22.4 Å². The van der Waals surface area contributed by atoms with Crippen molar-refractivity contribution < 1.29 is 13.2 Å². The van der Waals surface area contributed by atoms with Gasteiger partial charge in [0.15, 0.2) is 0 Å². The van der Waals surface area contributed by atoms with E-state index in [1.165, 1.54) is 0 Å². The fourth-order valence-corrected chi connectivity index (χ4v) is 2.61. The summed E-state index contributed by atoms with van der Waals surface area (Å²) in [6, 6.07) is 8.42. The molecule has 0 aliphatic heterocycles. The Morgan fingerprint density at radius 1 is 1.15 bits per heavy atom. The molecule has 5 nitrogen and oxygen atoms in total. The zero-order valence-corrected chi connectivity index (χ0v) is 10.7. The third kappa shape index (κ3) is 2.14.